The van der Waals surface area contributed by atoms with E-state index < -0.39 is 0 Å². The number of pyridine rings is 1. The van der Waals surface area contributed by atoms with E-state index in [9.17, 15) is 5.26 Å². The summed E-state index contributed by atoms with van der Waals surface area (Å²) >= 11 is 0. The minimum absolute atomic E-state index is 0.392. The van der Waals surface area contributed by atoms with Crippen LogP contribution in [0.15, 0.2) is 30.5 Å². The molecule has 1 saturated heterocycles. The van der Waals surface area contributed by atoms with Gasteiger partial charge in [-0.15, -0.1) is 0 Å². The minimum atomic E-state index is 0.392. The van der Waals surface area contributed by atoms with Crippen molar-refractivity contribution >= 4 is 16.6 Å². The van der Waals surface area contributed by atoms with E-state index in [1.807, 2.05) is 24.3 Å². The number of para-hydroxylation sites is 1. The Morgan fingerprint density at radius 3 is 3.06 bits per heavy atom. The molecule has 1 atom stereocenters. The van der Waals surface area contributed by atoms with Gasteiger partial charge in [-0.3, -0.25) is 4.98 Å². The molecule has 0 aliphatic carbocycles. The van der Waals surface area contributed by atoms with Gasteiger partial charge in [-0.1, -0.05) is 18.2 Å². The number of rotatable bonds is 2. The molecule has 18 heavy (non-hydrogen) atoms. The van der Waals surface area contributed by atoms with Crippen LogP contribution in [-0.2, 0) is 0 Å². The molecule has 1 aromatic heterocycles. The maximum absolute atomic E-state index is 9.21. The highest BCUT2D eigenvalue weighted by molar-refractivity contribution is 5.93. The Labute approximate surface area is 106 Å². The van der Waals surface area contributed by atoms with Crippen LogP contribution in [0, 0.1) is 11.3 Å². The van der Waals surface area contributed by atoms with Crippen LogP contribution in [0.2, 0.25) is 0 Å². The van der Waals surface area contributed by atoms with Crippen molar-refractivity contribution in [3.63, 3.8) is 0 Å². The summed E-state index contributed by atoms with van der Waals surface area (Å²) < 4.78 is 0. The van der Waals surface area contributed by atoms with Gasteiger partial charge in [0.15, 0.2) is 0 Å². The van der Waals surface area contributed by atoms with Gasteiger partial charge < -0.3 is 10.6 Å². The first-order valence-corrected chi connectivity index (χ1v) is 6.13. The SMILES string of the molecule is N#Cc1cnc2ccccc2c1NC1CCNC1. The Balaban J connectivity index is 2.08. The molecular formula is C14H14N4. The van der Waals surface area contributed by atoms with Crippen LogP contribution in [-0.4, -0.2) is 24.1 Å². The maximum Gasteiger partial charge on any atom is 0.103 e. The smallest absolute Gasteiger partial charge is 0.103 e. The summed E-state index contributed by atoms with van der Waals surface area (Å²) in [5.41, 5.74) is 2.45. The number of fused-ring (bicyclic) bond motifs is 1. The third kappa shape index (κ3) is 1.89. The average molecular weight is 238 g/mol. The zero-order valence-corrected chi connectivity index (χ0v) is 9.98. The van der Waals surface area contributed by atoms with E-state index in [2.05, 4.69) is 21.7 Å². The number of nitrogens with one attached hydrogen (secondary N) is 2. The second kappa shape index (κ2) is 4.63. The molecule has 0 saturated carbocycles. The van der Waals surface area contributed by atoms with E-state index in [1.165, 1.54) is 0 Å². The molecular weight excluding hydrogens is 224 g/mol. The molecule has 0 bridgehead atoms. The highest BCUT2D eigenvalue weighted by Gasteiger charge is 2.17. The van der Waals surface area contributed by atoms with Crippen molar-refractivity contribution in [1.29, 1.82) is 5.26 Å². The van der Waals surface area contributed by atoms with Crippen molar-refractivity contribution in [3.8, 4) is 6.07 Å². The highest BCUT2D eigenvalue weighted by atomic mass is 15.0. The van der Waals surface area contributed by atoms with Crippen LogP contribution in [0.3, 0.4) is 0 Å². The summed E-state index contributed by atoms with van der Waals surface area (Å²) in [5.74, 6) is 0. The average Bonchev–Trinajstić information content (AvgIpc) is 2.92. The van der Waals surface area contributed by atoms with Crippen molar-refractivity contribution < 1.29 is 0 Å². The van der Waals surface area contributed by atoms with E-state index in [1.54, 1.807) is 6.20 Å². The van der Waals surface area contributed by atoms with Gasteiger partial charge in [0.05, 0.1) is 16.8 Å². The molecule has 1 aliphatic rings. The maximum atomic E-state index is 9.21. The molecule has 1 unspecified atom stereocenters. The molecule has 0 spiro atoms. The minimum Gasteiger partial charge on any atom is -0.379 e. The van der Waals surface area contributed by atoms with Crippen molar-refractivity contribution in [2.75, 3.05) is 18.4 Å². The largest absolute Gasteiger partial charge is 0.379 e. The molecule has 2 aromatic rings. The highest BCUT2D eigenvalue weighted by Crippen LogP contribution is 2.26. The lowest BCUT2D eigenvalue weighted by molar-refractivity contribution is 0.794. The number of anilines is 1. The van der Waals surface area contributed by atoms with Gasteiger partial charge in [-0.05, 0) is 19.0 Å². The number of benzene rings is 1. The number of aromatic nitrogens is 1. The van der Waals surface area contributed by atoms with Gasteiger partial charge in [-0.2, -0.15) is 5.26 Å². The van der Waals surface area contributed by atoms with Gasteiger partial charge >= 0.3 is 0 Å². The van der Waals surface area contributed by atoms with Crippen LogP contribution in [0.25, 0.3) is 10.9 Å². The number of hydrogen-bond donors (Lipinski definition) is 2. The summed E-state index contributed by atoms with van der Waals surface area (Å²) in [6, 6.07) is 10.5. The fourth-order valence-corrected chi connectivity index (χ4v) is 2.36. The molecule has 0 radical (unpaired) electrons. The number of nitriles is 1. The molecule has 1 aromatic carbocycles. The fourth-order valence-electron chi connectivity index (χ4n) is 2.36. The predicted octanol–water partition coefficient (Wildman–Crippen LogP) is 1.88. The van der Waals surface area contributed by atoms with Crippen molar-refractivity contribution in [1.82, 2.24) is 10.3 Å². The van der Waals surface area contributed by atoms with Gasteiger partial charge in [0.25, 0.3) is 0 Å². The Morgan fingerprint density at radius 1 is 1.39 bits per heavy atom. The third-order valence-electron chi connectivity index (χ3n) is 3.30. The molecule has 1 fully saturated rings. The van der Waals surface area contributed by atoms with E-state index in [0.29, 0.717) is 11.6 Å². The first kappa shape index (κ1) is 11.0. The third-order valence-corrected chi connectivity index (χ3v) is 3.30. The van der Waals surface area contributed by atoms with Gasteiger partial charge in [0.2, 0.25) is 0 Å². The Morgan fingerprint density at radius 2 is 2.28 bits per heavy atom. The molecule has 3 rings (SSSR count). The van der Waals surface area contributed by atoms with Crippen molar-refractivity contribution in [2.45, 2.75) is 12.5 Å². The molecule has 2 N–H and O–H groups in total. The van der Waals surface area contributed by atoms with Gasteiger partial charge in [0, 0.05) is 24.2 Å². The fraction of sp³-hybridized carbons (Fsp3) is 0.286. The topological polar surface area (TPSA) is 60.7 Å². The molecule has 4 heteroatoms. The normalized spacial score (nSPS) is 18.7. The van der Waals surface area contributed by atoms with E-state index in [0.717, 1.165) is 36.1 Å². The Kier molecular flexibility index (Phi) is 2.83. The zero-order valence-electron chi connectivity index (χ0n) is 9.98. The second-order valence-corrected chi connectivity index (χ2v) is 4.51. The molecule has 1 aliphatic heterocycles. The summed E-state index contributed by atoms with van der Waals surface area (Å²) in [6.07, 6.45) is 2.73. The van der Waals surface area contributed by atoms with Crippen molar-refractivity contribution in [3.05, 3.63) is 36.0 Å². The summed E-state index contributed by atoms with van der Waals surface area (Å²) in [5, 5.41) is 17.0. The first-order chi connectivity index (χ1) is 8.88. The standard InChI is InChI=1S/C14H14N4/c15-7-10-8-17-13-4-2-1-3-12(13)14(10)18-11-5-6-16-9-11/h1-4,8,11,16H,5-6,9H2,(H,17,18). The van der Waals surface area contributed by atoms with E-state index in [-0.39, 0.29) is 0 Å². The molecule has 90 valence electrons. The molecule has 4 nitrogen and oxygen atoms in total. The number of nitrogens with zero attached hydrogens (tertiary/aromatic N) is 2. The van der Waals surface area contributed by atoms with Crippen LogP contribution in [0.4, 0.5) is 5.69 Å². The molecule has 2 heterocycles. The lowest BCUT2D eigenvalue weighted by atomic mass is 10.1. The van der Waals surface area contributed by atoms with Crippen LogP contribution in [0.5, 0.6) is 0 Å². The van der Waals surface area contributed by atoms with E-state index in [4.69, 9.17) is 0 Å². The van der Waals surface area contributed by atoms with Gasteiger partial charge in [-0.25, -0.2) is 0 Å². The summed E-state index contributed by atoms with van der Waals surface area (Å²) in [4.78, 5) is 4.31. The van der Waals surface area contributed by atoms with Crippen molar-refractivity contribution in [2.24, 2.45) is 0 Å². The van der Waals surface area contributed by atoms with Crippen LogP contribution >= 0.6 is 0 Å². The lowest BCUT2D eigenvalue weighted by Crippen LogP contribution is -2.22. The zero-order chi connectivity index (χ0) is 12.4. The summed E-state index contributed by atoms with van der Waals surface area (Å²) in [7, 11) is 0. The first-order valence-electron chi connectivity index (χ1n) is 6.13. The number of hydrogen-bond acceptors (Lipinski definition) is 4. The quantitative estimate of drug-likeness (QED) is 0.838. The molecule has 0 amide bonds. The van der Waals surface area contributed by atoms with Gasteiger partial charge in [0.1, 0.15) is 6.07 Å². The lowest BCUT2D eigenvalue weighted by Gasteiger charge is -2.16. The van der Waals surface area contributed by atoms with E-state index >= 15 is 0 Å². The van der Waals surface area contributed by atoms with Crippen LogP contribution in [0.1, 0.15) is 12.0 Å². The Hall–Kier alpha value is -2.12. The van der Waals surface area contributed by atoms with Crippen LogP contribution < -0.4 is 10.6 Å². The predicted molar refractivity (Wildman–Crippen MR) is 71.4 cm³/mol. The summed E-state index contributed by atoms with van der Waals surface area (Å²) in [6.45, 7) is 1.98. The Bertz CT molecular complexity index is 609. The monoisotopic (exact) mass is 238 g/mol. The second-order valence-electron chi connectivity index (χ2n) is 4.51.